The zero-order chi connectivity index (χ0) is 21.2. The Morgan fingerprint density at radius 3 is 2.46 bits per heavy atom. The summed E-state index contributed by atoms with van der Waals surface area (Å²) in [5.74, 6) is -2.22. The molecule has 0 aliphatic carbocycles. The van der Waals surface area contributed by atoms with Gasteiger partial charge in [0.15, 0.2) is 6.10 Å². The monoisotopic (exact) mass is 424 g/mol. The fourth-order valence-corrected chi connectivity index (χ4v) is 2.35. The van der Waals surface area contributed by atoms with Crippen molar-refractivity contribution in [2.45, 2.75) is 26.1 Å². The maximum Gasteiger partial charge on any atom is 0.431 e. The molecule has 7 nitrogen and oxygen atoms in total. The number of nitrogens with one attached hydrogen (secondary N) is 1. The summed E-state index contributed by atoms with van der Waals surface area (Å²) >= 11 is 5.84. The van der Waals surface area contributed by atoms with Gasteiger partial charge in [-0.1, -0.05) is 11.6 Å². The van der Waals surface area contributed by atoms with E-state index < -0.39 is 46.7 Å². The molecule has 0 saturated carbocycles. The van der Waals surface area contributed by atoms with Crippen molar-refractivity contribution in [2.75, 3.05) is 6.61 Å². The van der Waals surface area contributed by atoms with Crippen molar-refractivity contribution in [1.29, 1.82) is 0 Å². The van der Waals surface area contributed by atoms with Gasteiger partial charge in [0.05, 0.1) is 17.3 Å². The van der Waals surface area contributed by atoms with Crippen molar-refractivity contribution >= 4 is 17.6 Å². The Labute approximate surface area is 159 Å². The van der Waals surface area contributed by atoms with Crippen LogP contribution >= 0.6 is 11.6 Å². The molecule has 2 rings (SSSR count). The quantitative estimate of drug-likeness (QED) is 0.588. The molecule has 0 bridgehead atoms. The number of ether oxygens (including phenoxy) is 2. The van der Waals surface area contributed by atoms with Crippen LogP contribution in [0.5, 0.6) is 5.75 Å². The van der Waals surface area contributed by atoms with Gasteiger partial charge in [-0.15, -0.1) is 0 Å². The van der Waals surface area contributed by atoms with E-state index in [0.717, 1.165) is 6.07 Å². The minimum absolute atomic E-state index is 0.0747. The number of carbonyl (C=O) groups is 1. The number of rotatable bonds is 5. The second-order valence-electron chi connectivity index (χ2n) is 5.41. The van der Waals surface area contributed by atoms with Gasteiger partial charge in [0.25, 0.3) is 5.56 Å². The Morgan fingerprint density at radius 2 is 1.93 bits per heavy atom. The summed E-state index contributed by atoms with van der Waals surface area (Å²) in [5.41, 5.74) is -5.25. The molecule has 12 heteroatoms. The summed E-state index contributed by atoms with van der Waals surface area (Å²) in [4.78, 5) is 37.1. The second kappa shape index (κ2) is 8.05. The molecule has 28 heavy (non-hydrogen) atoms. The predicted molar refractivity (Wildman–Crippen MR) is 89.4 cm³/mol. The van der Waals surface area contributed by atoms with Gasteiger partial charge in [-0.3, -0.25) is 4.79 Å². The van der Waals surface area contributed by atoms with Crippen LogP contribution in [0.2, 0.25) is 5.02 Å². The van der Waals surface area contributed by atoms with Crippen LogP contribution in [0.15, 0.2) is 27.8 Å². The Morgan fingerprint density at radius 1 is 1.29 bits per heavy atom. The third kappa shape index (κ3) is 4.53. The van der Waals surface area contributed by atoms with Crippen LogP contribution in [0.1, 0.15) is 19.5 Å². The lowest BCUT2D eigenvalue weighted by atomic mass is 10.2. The van der Waals surface area contributed by atoms with E-state index in [1.165, 1.54) is 11.9 Å². The highest BCUT2D eigenvalue weighted by Gasteiger charge is 2.33. The van der Waals surface area contributed by atoms with Gasteiger partial charge < -0.3 is 14.5 Å². The van der Waals surface area contributed by atoms with E-state index in [1.807, 2.05) is 0 Å². The number of hydrogen-bond donors (Lipinski definition) is 1. The first-order chi connectivity index (χ1) is 13.0. The van der Waals surface area contributed by atoms with E-state index in [0.29, 0.717) is 6.07 Å². The first-order valence-corrected chi connectivity index (χ1v) is 8.09. The van der Waals surface area contributed by atoms with E-state index in [2.05, 4.69) is 0 Å². The molecule has 0 aliphatic rings. The Kier molecular flexibility index (Phi) is 6.17. The lowest BCUT2D eigenvalue weighted by molar-refractivity contribution is -0.150. The van der Waals surface area contributed by atoms with Crippen LogP contribution in [0.3, 0.4) is 0 Å². The van der Waals surface area contributed by atoms with Crippen LogP contribution in [-0.4, -0.2) is 28.2 Å². The van der Waals surface area contributed by atoms with E-state index >= 15 is 0 Å². The number of H-pyrrole nitrogens is 1. The largest absolute Gasteiger partial charge is 0.477 e. The zero-order valence-corrected chi connectivity index (χ0v) is 15.2. The number of benzene rings is 1. The Bertz CT molecular complexity index is 984. The summed E-state index contributed by atoms with van der Waals surface area (Å²) < 4.78 is 62.5. The maximum atomic E-state index is 14.3. The van der Waals surface area contributed by atoms with Gasteiger partial charge in [-0.25, -0.2) is 18.5 Å². The van der Waals surface area contributed by atoms with Gasteiger partial charge in [0, 0.05) is 12.1 Å². The van der Waals surface area contributed by atoms with Crippen molar-refractivity contribution in [3.63, 3.8) is 0 Å². The standard InChI is InChI=1S/C16H13ClF4N2O5/c1-3-27-14(25)7(2)28-11-5-10(9(18)4-8(11)17)23-13(24)6-12(16(19,20)21)22-15(23)26/h4-7H,3H2,1-2H3,(H,22,26). The molecule has 2 aromatic rings. The zero-order valence-electron chi connectivity index (χ0n) is 14.4. The minimum atomic E-state index is -4.97. The maximum absolute atomic E-state index is 14.3. The lowest BCUT2D eigenvalue weighted by Crippen LogP contribution is -2.36. The van der Waals surface area contributed by atoms with Crippen molar-refractivity contribution in [3.05, 3.63) is 55.6 Å². The number of carbonyl (C=O) groups excluding carboxylic acids is 1. The fraction of sp³-hybridized carbons (Fsp3) is 0.312. The minimum Gasteiger partial charge on any atom is -0.477 e. The number of hydrogen-bond acceptors (Lipinski definition) is 5. The Hall–Kier alpha value is -2.82. The molecule has 0 spiro atoms. The number of alkyl halides is 3. The smallest absolute Gasteiger partial charge is 0.431 e. The van der Waals surface area contributed by atoms with Crippen molar-refractivity contribution in [3.8, 4) is 11.4 Å². The molecular weight excluding hydrogens is 412 g/mol. The van der Waals surface area contributed by atoms with Crippen molar-refractivity contribution < 1.29 is 31.8 Å². The van der Waals surface area contributed by atoms with Gasteiger partial charge >= 0.3 is 17.8 Å². The molecule has 0 aliphatic heterocycles. The highest BCUT2D eigenvalue weighted by atomic mass is 35.5. The number of aromatic amines is 1. The Balaban J connectivity index is 2.55. The molecule has 1 aromatic carbocycles. The van der Waals surface area contributed by atoms with Crippen LogP contribution in [-0.2, 0) is 15.7 Å². The molecule has 1 unspecified atom stereocenters. The topological polar surface area (TPSA) is 90.4 Å². The van der Waals surface area contributed by atoms with E-state index in [9.17, 15) is 31.9 Å². The van der Waals surface area contributed by atoms with Gasteiger partial charge in [-0.05, 0) is 19.9 Å². The molecule has 152 valence electrons. The molecule has 0 radical (unpaired) electrons. The summed E-state index contributed by atoms with van der Waals surface area (Å²) in [6.07, 6.45) is -6.14. The predicted octanol–water partition coefficient (Wildman–Crippen LogP) is 2.67. The summed E-state index contributed by atoms with van der Waals surface area (Å²) in [5, 5.41) is -0.297. The normalized spacial score (nSPS) is 12.5. The molecule has 1 heterocycles. The highest BCUT2D eigenvalue weighted by molar-refractivity contribution is 6.32. The highest BCUT2D eigenvalue weighted by Crippen LogP contribution is 2.30. The molecular formula is C16H13ClF4N2O5. The van der Waals surface area contributed by atoms with Crippen molar-refractivity contribution in [2.24, 2.45) is 0 Å². The number of esters is 1. The fourth-order valence-electron chi connectivity index (χ4n) is 2.15. The van der Waals surface area contributed by atoms with Crippen LogP contribution in [0.4, 0.5) is 17.6 Å². The summed E-state index contributed by atoms with van der Waals surface area (Å²) in [6, 6.07) is 1.61. The first kappa shape index (κ1) is 21.5. The molecule has 0 fully saturated rings. The molecule has 1 atom stereocenters. The first-order valence-electron chi connectivity index (χ1n) is 7.72. The average Bonchev–Trinajstić information content (AvgIpc) is 2.57. The molecule has 0 saturated heterocycles. The molecule has 0 amide bonds. The summed E-state index contributed by atoms with van der Waals surface area (Å²) in [7, 11) is 0. The number of aromatic nitrogens is 2. The second-order valence-corrected chi connectivity index (χ2v) is 5.81. The number of halogens is 5. The third-order valence-electron chi connectivity index (χ3n) is 3.40. The van der Waals surface area contributed by atoms with Crippen LogP contribution in [0.25, 0.3) is 5.69 Å². The van der Waals surface area contributed by atoms with E-state index in [-0.39, 0.29) is 28.0 Å². The van der Waals surface area contributed by atoms with Crippen molar-refractivity contribution in [1.82, 2.24) is 9.55 Å². The van der Waals surface area contributed by atoms with E-state index in [1.54, 1.807) is 6.92 Å². The lowest BCUT2D eigenvalue weighted by Gasteiger charge is -2.16. The SMILES string of the molecule is CCOC(=O)C(C)Oc1cc(-n2c(=O)cc(C(F)(F)F)[nH]c2=O)c(F)cc1Cl. The average molecular weight is 425 g/mol. The third-order valence-corrected chi connectivity index (χ3v) is 3.70. The molecule has 1 N–H and O–H groups in total. The number of nitrogens with zero attached hydrogens (tertiary/aromatic N) is 1. The van der Waals surface area contributed by atoms with Gasteiger partial charge in [0.1, 0.15) is 17.3 Å². The summed E-state index contributed by atoms with van der Waals surface area (Å²) in [6.45, 7) is 2.95. The van der Waals surface area contributed by atoms with Gasteiger partial charge in [0.2, 0.25) is 0 Å². The van der Waals surface area contributed by atoms with Crippen LogP contribution in [0, 0.1) is 5.82 Å². The van der Waals surface area contributed by atoms with Gasteiger partial charge in [-0.2, -0.15) is 13.2 Å². The van der Waals surface area contributed by atoms with Crippen LogP contribution < -0.4 is 16.0 Å². The molecule has 1 aromatic heterocycles. The van der Waals surface area contributed by atoms with E-state index in [4.69, 9.17) is 21.1 Å².